The molecule has 166 valence electrons. The van der Waals surface area contributed by atoms with Crippen LogP contribution in [-0.4, -0.2) is 55.9 Å². The molecule has 1 aliphatic carbocycles. The number of benzene rings is 2. The fourth-order valence-corrected chi connectivity index (χ4v) is 5.14. The van der Waals surface area contributed by atoms with Crippen molar-refractivity contribution < 1.29 is 14.3 Å². The molecule has 1 heterocycles. The van der Waals surface area contributed by atoms with Crippen molar-refractivity contribution in [1.82, 2.24) is 15.1 Å². The molecule has 1 spiro atoms. The Hall–Kier alpha value is -2.57. The van der Waals surface area contributed by atoms with E-state index >= 15 is 0 Å². The van der Waals surface area contributed by atoms with Gasteiger partial charge in [-0.1, -0.05) is 42.5 Å². The summed E-state index contributed by atoms with van der Waals surface area (Å²) in [7, 11) is 5.92. The molecular formula is C25H33N3O3. The normalized spacial score (nSPS) is 25.8. The van der Waals surface area contributed by atoms with Crippen LogP contribution in [0.1, 0.15) is 36.8 Å². The summed E-state index contributed by atoms with van der Waals surface area (Å²) in [6, 6.07) is 18.6. The molecule has 2 aromatic carbocycles. The van der Waals surface area contributed by atoms with Gasteiger partial charge in [-0.15, -0.1) is 0 Å². The van der Waals surface area contributed by atoms with Crippen LogP contribution in [0.4, 0.5) is 4.79 Å². The number of hydrogen-bond donors (Lipinski definition) is 1. The third kappa shape index (κ3) is 4.41. The second-order valence-electron chi connectivity index (χ2n) is 9.06. The zero-order valence-corrected chi connectivity index (χ0v) is 18.8. The predicted octanol–water partition coefficient (Wildman–Crippen LogP) is 3.96. The Balaban J connectivity index is 1.48. The molecule has 0 radical (unpaired) electrons. The number of amides is 2. The van der Waals surface area contributed by atoms with E-state index in [1.54, 1.807) is 7.11 Å². The molecule has 1 saturated heterocycles. The number of methoxy groups -OCH3 is 1. The molecule has 0 atom stereocenters. The van der Waals surface area contributed by atoms with Crippen LogP contribution in [0.15, 0.2) is 54.6 Å². The summed E-state index contributed by atoms with van der Waals surface area (Å²) >= 11 is 0. The lowest BCUT2D eigenvalue weighted by molar-refractivity contribution is 0.0488. The third-order valence-corrected chi connectivity index (χ3v) is 6.97. The molecule has 2 aliphatic rings. The Bertz CT molecular complexity index is 892. The van der Waals surface area contributed by atoms with Crippen LogP contribution in [0.2, 0.25) is 0 Å². The van der Waals surface area contributed by atoms with Crippen molar-refractivity contribution in [2.75, 3.05) is 34.5 Å². The number of carbonyl (C=O) groups is 1. The number of rotatable bonds is 7. The first kappa shape index (κ1) is 21.7. The minimum atomic E-state index is -0.143. The van der Waals surface area contributed by atoms with Crippen LogP contribution in [-0.2, 0) is 16.8 Å². The third-order valence-electron chi connectivity index (χ3n) is 6.97. The first-order valence-electron chi connectivity index (χ1n) is 11.0. The van der Waals surface area contributed by atoms with E-state index in [0.29, 0.717) is 6.54 Å². The quantitative estimate of drug-likeness (QED) is 0.685. The Kier molecular flexibility index (Phi) is 6.21. The lowest BCUT2D eigenvalue weighted by Crippen LogP contribution is -2.54. The zero-order valence-electron chi connectivity index (χ0n) is 18.8. The SMILES string of the molecule is COCOc1cccc([C@]2(N(C)C)CC[C@@]3(CC2)CN(Cc2ccccc2)C(=O)N3)c1. The maximum atomic E-state index is 12.7. The lowest BCUT2D eigenvalue weighted by Gasteiger charge is -2.48. The van der Waals surface area contributed by atoms with Gasteiger partial charge >= 0.3 is 6.03 Å². The van der Waals surface area contributed by atoms with Gasteiger partial charge in [-0.2, -0.15) is 0 Å². The van der Waals surface area contributed by atoms with Crippen LogP contribution in [0, 0.1) is 0 Å². The molecule has 31 heavy (non-hydrogen) atoms. The van der Waals surface area contributed by atoms with Crippen molar-refractivity contribution in [3.8, 4) is 5.75 Å². The summed E-state index contributed by atoms with van der Waals surface area (Å²) in [5, 5.41) is 3.33. The first-order valence-corrected chi connectivity index (χ1v) is 11.0. The molecule has 2 fully saturated rings. The average molecular weight is 424 g/mol. The zero-order chi connectivity index (χ0) is 21.9. The second kappa shape index (κ2) is 8.89. The fraction of sp³-hybridized carbons (Fsp3) is 0.480. The van der Waals surface area contributed by atoms with Crippen molar-refractivity contribution in [2.45, 2.75) is 43.3 Å². The minimum Gasteiger partial charge on any atom is -0.468 e. The van der Waals surface area contributed by atoms with Gasteiger partial charge in [-0.05, 0) is 63.0 Å². The van der Waals surface area contributed by atoms with Gasteiger partial charge in [-0.25, -0.2) is 4.79 Å². The van der Waals surface area contributed by atoms with Gasteiger partial charge in [-0.3, -0.25) is 4.90 Å². The van der Waals surface area contributed by atoms with Crippen molar-refractivity contribution >= 4 is 6.03 Å². The molecule has 6 heteroatoms. The molecule has 0 bridgehead atoms. The second-order valence-corrected chi connectivity index (χ2v) is 9.06. The largest absolute Gasteiger partial charge is 0.468 e. The Morgan fingerprint density at radius 3 is 2.45 bits per heavy atom. The molecule has 1 aliphatic heterocycles. The van der Waals surface area contributed by atoms with E-state index in [-0.39, 0.29) is 23.9 Å². The van der Waals surface area contributed by atoms with Gasteiger partial charge in [0, 0.05) is 25.7 Å². The number of hydrogen-bond acceptors (Lipinski definition) is 4. The fourth-order valence-electron chi connectivity index (χ4n) is 5.14. The van der Waals surface area contributed by atoms with E-state index in [2.05, 4.69) is 54.6 Å². The smallest absolute Gasteiger partial charge is 0.318 e. The molecule has 4 rings (SSSR count). The number of ether oxygens (including phenoxy) is 2. The number of nitrogens with one attached hydrogen (secondary N) is 1. The molecule has 1 N–H and O–H groups in total. The molecule has 6 nitrogen and oxygen atoms in total. The topological polar surface area (TPSA) is 54.0 Å². The van der Waals surface area contributed by atoms with E-state index in [4.69, 9.17) is 9.47 Å². The van der Waals surface area contributed by atoms with Crippen LogP contribution in [0.3, 0.4) is 0 Å². The summed E-state index contributed by atoms with van der Waals surface area (Å²) in [5.74, 6) is 0.823. The Labute approximate surface area is 185 Å². The Morgan fingerprint density at radius 1 is 1.03 bits per heavy atom. The van der Waals surface area contributed by atoms with Gasteiger partial charge < -0.3 is 19.7 Å². The maximum Gasteiger partial charge on any atom is 0.318 e. The van der Waals surface area contributed by atoms with Gasteiger partial charge in [0.2, 0.25) is 0 Å². The monoisotopic (exact) mass is 423 g/mol. The highest BCUT2D eigenvalue weighted by Crippen LogP contribution is 2.46. The predicted molar refractivity (Wildman–Crippen MR) is 121 cm³/mol. The van der Waals surface area contributed by atoms with Gasteiger partial charge in [0.1, 0.15) is 5.75 Å². The first-order chi connectivity index (χ1) is 15.0. The van der Waals surface area contributed by atoms with Crippen LogP contribution >= 0.6 is 0 Å². The van der Waals surface area contributed by atoms with Crippen LogP contribution in [0.25, 0.3) is 0 Å². The minimum absolute atomic E-state index is 0.0520. The number of nitrogens with zero attached hydrogens (tertiary/aromatic N) is 2. The highest BCUT2D eigenvalue weighted by Gasteiger charge is 2.50. The number of carbonyl (C=O) groups excluding carboxylic acids is 1. The van der Waals surface area contributed by atoms with Crippen molar-refractivity contribution in [1.29, 1.82) is 0 Å². The number of urea groups is 1. The van der Waals surface area contributed by atoms with E-state index in [1.807, 2.05) is 29.2 Å². The van der Waals surface area contributed by atoms with Crippen LogP contribution in [0.5, 0.6) is 5.75 Å². The molecule has 0 aromatic heterocycles. The average Bonchev–Trinajstić information content (AvgIpc) is 3.08. The molecule has 0 unspecified atom stereocenters. The summed E-state index contributed by atoms with van der Waals surface area (Å²) in [6.07, 6.45) is 3.86. The van der Waals surface area contributed by atoms with Crippen molar-refractivity contribution in [3.63, 3.8) is 0 Å². The van der Waals surface area contributed by atoms with Crippen LogP contribution < -0.4 is 10.1 Å². The van der Waals surface area contributed by atoms with Crippen molar-refractivity contribution in [3.05, 3.63) is 65.7 Å². The van der Waals surface area contributed by atoms with E-state index in [0.717, 1.165) is 38.0 Å². The molecular weight excluding hydrogens is 390 g/mol. The highest BCUT2D eigenvalue weighted by atomic mass is 16.7. The summed E-state index contributed by atoms with van der Waals surface area (Å²) in [4.78, 5) is 17.0. The lowest BCUT2D eigenvalue weighted by atomic mass is 9.69. The van der Waals surface area contributed by atoms with Gasteiger partial charge in [0.15, 0.2) is 6.79 Å². The standard InChI is InChI=1S/C25H33N3O3/c1-27(2)25(21-10-7-11-22(16-21)31-19-30-3)14-12-24(13-15-25)18-28(23(29)26-24)17-20-8-5-4-6-9-20/h4-11,16H,12-15,17-19H2,1-3H3,(H,26,29)/t24-,25+. The van der Waals surface area contributed by atoms with E-state index in [1.165, 1.54) is 11.1 Å². The summed E-state index contributed by atoms with van der Waals surface area (Å²) in [6.45, 7) is 1.66. The van der Waals surface area contributed by atoms with Gasteiger partial charge in [0.05, 0.1) is 5.54 Å². The molecule has 2 aromatic rings. The molecule has 2 amide bonds. The Morgan fingerprint density at radius 2 is 1.77 bits per heavy atom. The maximum absolute atomic E-state index is 12.7. The van der Waals surface area contributed by atoms with Gasteiger partial charge in [0.25, 0.3) is 0 Å². The summed E-state index contributed by atoms with van der Waals surface area (Å²) < 4.78 is 10.7. The van der Waals surface area contributed by atoms with Crippen molar-refractivity contribution in [2.24, 2.45) is 0 Å². The molecule has 1 saturated carbocycles. The summed E-state index contributed by atoms with van der Waals surface area (Å²) in [5.41, 5.74) is 2.21. The highest BCUT2D eigenvalue weighted by molar-refractivity contribution is 5.78. The van der Waals surface area contributed by atoms with E-state index in [9.17, 15) is 4.79 Å². The van der Waals surface area contributed by atoms with E-state index < -0.39 is 0 Å².